The van der Waals surface area contributed by atoms with Crippen molar-refractivity contribution in [2.75, 3.05) is 45.0 Å². The highest BCUT2D eigenvalue weighted by molar-refractivity contribution is 6.10. The molecule has 0 aliphatic carbocycles. The maximum atomic E-state index is 5.62. The van der Waals surface area contributed by atoms with Crippen molar-refractivity contribution in [1.82, 2.24) is 93.9 Å². The first-order valence-electron chi connectivity index (χ1n) is 34.8. The van der Waals surface area contributed by atoms with Crippen molar-refractivity contribution in [2.24, 2.45) is 0 Å². The Morgan fingerprint density at radius 3 is 1.13 bits per heavy atom. The van der Waals surface area contributed by atoms with Gasteiger partial charge in [-0.2, -0.15) is 0 Å². The number of hydrogen-bond acceptors (Lipinski definition) is 16. The standard InChI is InChI=1S/C28H25N7.C26H25N7.C26H24N6/c1-2-10-34(11-3-1)18-19-5-7-20(8-6-19)21-13-23-22-14-24(30-16-25(22)33-27(23)31-15-21)26-17-32-28-29-9-4-12-35(26)28;27-26-30-13-20(14-31-26)23-11-21-22-10-19(12-29-25(22)32-24(21)15-28-23)18-6-4-17(5-7-18)16-33-8-2-1-3-9-33;1-2-8-32(9-3-1)16-18-4-6-19(7-5-18)20-10-23-22-11-24(21-12-27-17-28-13-21)29-15-25(22)31-26(23)30-14-20/h4-9,12-17H,1-3,10-11,18H2,(H,31,33);4-7,10-15H,1-3,8-9,16H2,(H,29,32)(H2,27,30,31);4-7,10-15,17H,1-3,8-9,16H2,(H,30,31). The first-order valence-corrected chi connectivity index (χ1v) is 34.8. The Kier molecular flexibility index (Phi) is 17.2. The first-order chi connectivity index (χ1) is 49.4. The molecular weight excluding hydrogens is 1240 g/mol. The van der Waals surface area contributed by atoms with E-state index in [1.165, 1.54) is 137 Å². The predicted molar refractivity (Wildman–Crippen MR) is 396 cm³/mol. The molecule has 16 heterocycles. The molecule has 3 saturated heterocycles. The van der Waals surface area contributed by atoms with Crippen LogP contribution in [-0.2, 0) is 19.6 Å². The number of piperidine rings is 3. The topological polar surface area (TPSA) is 242 Å². The molecule has 494 valence electrons. The normalized spacial score (nSPS) is 14.8. The summed E-state index contributed by atoms with van der Waals surface area (Å²) in [7, 11) is 0. The average Bonchev–Trinajstić information content (AvgIpc) is 1.62. The number of imidazole rings is 1. The molecule has 0 spiro atoms. The SMILES string of the molecule is Nc1ncc(-c2cc3c(cn2)[nH]c2ncc(-c4ccc(CN5CCCCC5)cc4)cc23)cn1.c1cnc2ncc(-c3cc4c(cn3)[nH]c3ncc(-c5ccc(CN6CCCCC6)cc5)cc34)n2c1.c1ncc(-c2cc3c(cn2)[nH]c2ncc(-c4ccc(CN5CCCCC5)cc4)cc23)cn1. The summed E-state index contributed by atoms with van der Waals surface area (Å²) in [6.07, 6.45) is 37.4. The van der Waals surface area contributed by atoms with Crippen molar-refractivity contribution < 1.29 is 0 Å². The molecule has 16 aromatic rings. The third-order valence-corrected chi connectivity index (χ3v) is 19.8. The maximum Gasteiger partial charge on any atom is 0.234 e. The summed E-state index contributed by atoms with van der Waals surface area (Å²) in [5.74, 6) is 0.915. The fraction of sp³-hybridized carbons (Fsp3) is 0.225. The minimum Gasteiger partial charge on any atom is -0.368 e. The van der Waals surface area contributed by atoms with Gasteiger partial charge in [0.05, 0.1) is 64.1 Å². The lowest BCUT2D eigenvalue weighted by atomic mass is 10.0. The number of likely N-dealkylation sites (tertiary alicyclic amines) is 3. The van der Waals surface area contributed by atoms with E-state index < -0.39 is 0 Å². The lowest BCUT2D eigenvalue weighted by Crippen LogP contribution is -2.28. The van der Waals surface area contributed by atoms with E-state index in [2.05, 4.69) is 184 Å². The van der Waals surface area contributed by atoms with Crippen LogP contribution < -0.4 is 5.73 Å². The van der Waals surface area contributed by atoms with Crippen molar-refractivity contribution in [3.05, 3.63) is 219 Å². The van der Waals surface area contributed by atoms with Crippen LogP contribution in [0.1, 0.15) is 74.5 Å². The second kappa shape index (κ2) is 27.7. The minimum atomic E-state index is 0.253. The van der Waals surface area contributed by atoms with Gasteiger partial charge in [0.1, 0.15) is 23.3 Å². The lowest BCUT2D eigenvalue weighted by Gasteiger charge is -2.26. The third-order valence-electron chi connectivity index (χ3n) is 19.8. The number of nitrogen functional groups attached to an aromatic ring is 1. The quantitative estimate of drug-likeness (QED) is 0.0889. The highest BCUT2D eigenvalue weighted by Crippen LogP contribution is 2.35. The highest BCUT2D eigenvalue weighted by Gasteiger charge is 2.19. The van der Waals surface area contributed by atoms with Gasteiger partial charge in [-0.15, -0.1) is 0 Å². The number of benzene rings is 3. The minimum absolute atomic E-state index is 0.253. The molecule has 13 aromatic heterocycles. The van der Waals surface area contributed by atoms with E-state index in [1.54, 1.807) is 31.0 Å². The molecule has 20 nitrogen and oxygen atoms in total. The van der Waals surface area contributed by atoms with Gasteiger partial charge >= 0.3 is 0 Å². The molecule has 0 radical (unpaired) electrons. The van der Waals surface area contributed by atoms with Crippen LogP contribution in [0.3, 0.4) is 0 Å². The van der Waals surface area contributed by atoms with Gasteiger partial charge in [-0.3, -0.25) is 34.1 Å². The summed E-state index contributed by atoms with van der Waals surface area (Å²) >= 11 is 0. The van der Waals surface area contributed by atoms with Crippen molar-refractivity contribution in [2.45, 2.75) is 77.4 Å². The van der Waals surface area contributed by atoms with E-state index >= 15 is 0 Å². The number of aromatic amines is 3. The zero-order valence-corrected chi connectivity index (χ0v) is 55.5. The average molecular weight is 1320 g/mol. The van der Waals surface area contributed by atoms with Crippen LogP contribution in [0.25, 0.3) is 139 Å². The summed E-state index contributed by atoms with van der Waals surface area (Å²) in [4.78, 5) is 70.9. The zero-order valence-electron chi connectivity index (χ0n) is 55.5. The van der Waals surface area contributed by atoms with Gasteiger partial charge < -0.3 is 20.7 Å². The fourth-order valence-electron chi connectivity index (χ4n) is 14.4. The summed E-state index contributed by atoms with van der Waals surface area (Å²) in [5.41, 5.74) is 27.2. The van der Waals surface area contributed by atoms with Gasteiger partial charge in [-0.25, -0.2) is 44.9 Å². The third kappa shape index (κ3) is 13.2. The Hall–Kier alpha value is -11.6. The maximum absolute atomic E-state index is 5.62. The lowest BCUT2D eigenvalue weighted by molar-refractivity contribution is 0.221. The molecule has 20 heteroatoms. The van der Waals surface area contributed by atoms with Crippen LogP contribution in [-0.4, -0.2) is 133 Å². The van der Waals surface area contributed by atoms with E-state index in [4.69, 9.17) is 20.7 Å². The molecule has 0 saturated carbocycles. The van der Waals surface area contributed by atoms with Crippen molar-refractivity contribution in [1.29, 1.82) is 0 Å². The summed E-state index contributed by atoms with van der Waals surface area (Å²) in [6.45, 7) is 10.4. The fourth-order valence-corrected chi connectivity index (χ4v) is 14.4. The molecule has 0 amide bonds. The molecule has 3 fully saturated rings. The Morgan fingerprint density at radius 2 is 0.710 bits per heavy atom. The monoisotopic (exact) mass is 1310 g/mol. The van der Waals surface area contributed by atoms with Crippen LogP contribution in [0.2, 0.25) is 0 Å². The second-order valence-electron chi connectivity index (χ2n) is 26.6. The Morgan fingerprint density at radius 1 is 0.330 bits per heavy atom. The van der Waals surface area contributed by atoms with Gasteiger partial charge in [0.15, 0.2) is 0 Å². The molecular formula is C80H74N20. The van der Waals surface area contributed by atoms with Crippen LogP contribution >= 0.6 is 0 Å². The van der Waals surface area contributed by atoms with Gasteiger partial charge in [0.2, 0.25) is 11.7 Å². The number of aromatic nitrogens is 16. The van der Waals surface area contributed by atoms with Crippen molar-refractivity contribution in [3.8, 4) is 67.3 Å². The number of anilines is 1. The van der Waals surface area contributed by atoms with E-state index in [9.17, 15) is 0 Å². The molecule has 100 heavy (non-hydrogen) atoms. The van der Waals surface area contributed by atoms with Crippen LogP contribution in [0, 0.1) is 0 Å². The first kappa shape index (κ1) is 62.0. The number of pyridine rings is 6. The van der Waals surface area contributed by atoms with Crippen molar-refractivity contribution >= 4 is 77.5 Å². The number of nitrogens with two attached hydrogens (primary N) is 1. The summed E-state index contributed by atoms with van der Waals surface area (Å²) < 4.78 is 1.96. The second-order valence-corrected chi connectivity index (χ2v) is 26.6. The largest absolute Gasteiger partial charge is 0.368 e. The summed E-state index contributed by atoms with van der Waals surface area (Å²) in [6, 6.07) is 41.5. The number of H-pyrrole nitrogens is 3. The van der Waals surface area contributed by atoms with E-state index in [-0.39, 0.29) is 5.95 Å². The number of fused-ring (bicyclic) bond motifs is 10. The molecule has 0 unspecified atom stereocenters. The van der Waals surface area contributed by atoms with E-state index in [0.717, 1.165) is 136 Å². The molecule has 3 aliphatic rings. The molecule has 5 N–H and O–H groups in total. The van der Waals surface area contributed by atoms with Crippen molar-refractivity contribution in [3.63, 3.8) is 0 Å². The zero-order chi connectivity index (χ0) is 66.7. The predicted octanol–water partition coefficient (Wildman–Crippen LogP) is 15.5. The molecule has 0 atom stereocenters. The van der Waals surface area contributed by atoms with Gasteiger partial charge in [0.25, 0.3) is 0 Å². The van der Waals surface area contributed by atoms with Crippen LogP contribution in [0.4, 0.5) is 5.95 Å². The summed E-state index contributed by atoms with van der Waals surface area (Å²) in [5, 5.41) is 6.52. The van der Waals surface area contributed by atoms with E-state index in [1.807, 2.05) is 60.0 Å². The number of rotatable bonds is 12. The van der Waals surface area contributed by atoms with E-state index in [0.29, 0.717) is 5.78 Å². The Balaban J connectivity index is 0.000000112. The number of nitrogens with zero attached hydrogens (tertiary/aromatic N) is 16. The van der Waals surface area contributed by atoms with Crippen LogP contribution in [0.15, 0.2) is 202 Å². The molecule has 3 aromatic carbocycles. The Bertz CT molecular complexity index is 5530. The highest BCUT2D eigenvalue weighted by atomic mass is 15.1. The molecule has 19 rings (SSSR count). The van der Waals surface area contributed by atoms with Gasteiger partial charge in [0, 0.05) is 136 Å². The van der Waals surface area contributed by atoms with Crippen LogP contribution in [0.5, 0.6) is 0 Å². The van der Waals surface area contributed by atoms with Gasteiger partial charge in [-0.1, -0.05) is 92.1 Å². The molecule has 0 bridgehead atoms. The molecule has 3 aliphatic heterocycles. The van der Waals surface area contributed by atoms with Gasteiger partial charge in [-0.05, 0) is 154 Å². The number of nitrogens with one attached hydrogen (secondary N) is 3. The number of hydrogen-bond donors (Lipinski definition) is 4. The Labute approximate surface area is 577 Å². The smallest absolute Gasteiger partial charge is 0.234 e.